The van der Waals surface area contributed by atoms with Crippen molar-refractivity contribution in [2.24, 2.45) is 0 Å². The van der Waals surface area contributed by atoms with Crippen molar-refractivity contribution in [2.75, 3.05) is 0 Å². The predicted octanol–water partition coefficient (Wildman–Crippen LogP) is 1.57. The van der Waals surface area contributed by atoms with E-state index < -0.39 is 0 Å². The van der Waals surface area contributed by atoms with Crippen molar-refractivity contribution in [1.82, 2.24) is 0 Å². The van der Waals surface area contributed by atoms with Crippen LogP contribution in [0.25, 0.3) is 11.0 Å². The molecule has 13 heavy (non-hydrogen) atoms. The second kappa shape index (κ2) is 2.80. The third kappa shape index (κ3) is 1.21. The molecule has 0 N–H and O–H groups in total. The molecule has 0 aliphatic heterocycles. The first-order valence-corrected chi connectivity index (χ1v) is 3.72. The number of terminal acetylenes is 1. The Hall–Kier alpha value is -2.01. The fraction of sp³-hybridized carbons (Fsp3) is 0. The summed E-state index contributed by atoms with van der Waals surface area (Å²) in [7, 11) is 0. The molecule has 1 aromatic carbocycles. The van der Waals surface area contributed by atoms with Crippen molar-refractivity contribution >= 4 is 11.0 Å². The highest BCUT2D eigenvalue weighted by Crippen LogP contribution is 2.10. The van der Waals surface area contributed by atoms with Gasteiger partial charge in [0.15, 0.2) is 11.7 Å². The van der Waals surface area contributed by atoms with E-state index >= 15 is 0 Å². The maximum Gasteiger partial charge on any atom is 0.193 e. The summed E-state index contributed by atoms with van der Waals surface area (Å²) < 4.78 is 5.01. The van der Waals surface area contributed by atoms with Crippen LogP contribution in [-0.4, -0.2) is 0 Å². The van der Waals surface area contributed by atoms with Crippen LogP contribution in [0.5, 0.6) is 0 Å². The Morgan fingerprint density at radius 2 is 2.31 bits per heavy atom. The minimum absolute atomic E-state index is 0.107. The second-order valence-corrected chi connectivity index (χ2v) is 2.58. The first kappa shape index (κ1) is 7.63. The normalized spacial score (nSPS) is 9.77. The zero-order valence-electron chi connectivity index (χ0n) is 6.70. The topological polar surface area (TPSA) is 30.2 Å². The Labute approximate surface area is 74.8 Å². The molecular weight excluding hydrogens is 164 g/mol. The SMILES string of the molecule is C#Cc1ccc2c(=O)c[c]oc2c1. The molecule has 0 atom stereocenters. The minimum Gasteiger partial charge on any atom is -0.452 e. The smallest absolute Gasteiger partial charge is 0.193 e. The molecule has 1 radical (unpaired) electrons. The summed E-state index contributed by atoms with van der Waals surface area (Å²) in [6.45, 7) is 0. The summed E-state index contributed by atoms with van der Waals surface area (Å²) in [5.74, 6) is 2.46. The lowest BCUT2D eigenvalue weighted by atomic mass is 10.1. The second-order valence-electron chi connectivity index (χ2n) is 2.58. The van der Waals surface area contributed by atoms with E-state index in [1.807, 2.05) is 0 Å². The molecule has 0 saturated heterocycles. The molecular formula is C11H5O2. The van der Waals surface area contributed by atoms with Gasteiger partial charge in [-0.05, 0) is 18.2 Å². The molecule has 0 unspecified atom stereocenters. The van der Waals surface area contributed by atoms with Crippen molar-refractivity contribution in [1.29, 1.82) is 0 Å². The molecule has 61 valence electrons. The van der Waals surface area contributed by atoms with Gasteiger partial charge in [0, 0.05) is 11.6 Å². The van der Waals surface area contributed by atoms with Crippen molar-refractivity contribution < 1.29 is 4.42 Å². The Balaban J connectivity index is 2.90. The van der Waals surface area contributed by atoms with Gasteiger partial charge in [0.1, 0.15) is 5.58 Å². The number of rotatable bonds is 0. The molecule has 0 aliphatic rings. The molecule has 2 aromatic rings. The van der Waals surface area contributed by atoms with Crippen LogP contribution in [0.4, 0.5) is 0 Å². The average molecular weight is 169 g/mol. The highest BCUT2D eigenvalue weighted by Gasteiger charge is 1.99. The van der Waals surface area contributed by atoms with Gasteiger partial charge < -0.3 is 4.42 Å². The molecule has 0 spiro atoms. The van der Waals surface area contributed by atoms with E-state index in [0.717, 1.165) is 0 Å². The van der Waals surface area contributed by atoms with Gasteiger partial charge in [0.25, 0.3) is 0 Å². The average Bonchev–Trinajstić information content (AvgIpc) is 2.18. The van der Waals surface area contributed by atoms with Gasteiger partial charge in [0.05, 0.1) is 5.39 Å². The monoisotopic (exact) mass is 169 g/mol. The van der Waals surface area contributed by atoms with Gasteiger partial charge in [0.2, 0.25) is 0 Å². The maximum atomic E-state index is 11.2. The van der Waals surface area contributed by atoms with E-state index in [0.29, 0.717) is 16.5 Å². The van der Waals surface area contributed by atoms with Gasteiger partial charge in [-0.1, -0.05) is 5.92 Å². The Morgan fingerprint density at radius 3 is 3.08 bits per heavy atom. The third-order valence-corrected chi connectivity index (χ3v) is 1.77. The standard InChI is InChI=1S/C11H5O2/c1-2-8-3-4-9-10(12)5-6-13-11(9)7-8/h1,3-5,7H. The van der Waals surface area contributed by atoms with Gasteiger partial charge in [-0.25, -0.2) is 0 Å². The quantitative estimate of drug-likeness (QED) is 0.560. The number of benzene rings is 1. The molecule has 0 saturated carbocycles. The fourth-order valence-corrected chi connectivity index (χ4v) is 1.12. The minimum atomic E-state index is -0.107. The van der Waals surface area contributed by atoms with Crippen LogP contribution in [0.15, 0.2) is 33.5 Å². The lowest BCUT2D eigenvalue weighted by Gasteiger charge is -1.94. The lowest BCUT2D eigenvalue weighted by Crippen LogP contribution is -1.97. The molecule has 0 amide bonds. The van der Waals surface area contributed by atoms with Gasteiger partial charge >= 0.3 is 0 Å². The van der Waals surface area contributed by atoms with E-state index in [-0.39, 0.29) is 5.43 Å². The Kier molecular flexibility index (Phi) is 1.64. The largest absolute Gasteiger partial charge is 0.452 e. The first-order valence-electron chi connectivity index (χ1n) is 3.72. The van der Waals surface area contributed by atoms with E-state index in [1.165, 1.54) is 6.07 Å². The van der Waals surface area contributed by atoms with Gasteiger partial charge in [-0.3, -0.25) is 4.79 Å². The van der Waals surface area contributed by atoms with Crippen LogP contribution in [0, 0.1) is 18.6 Å². The van der Waals surface area contributed by atoms with Gasteiger partial charge in [-0.15, -0.1) is 6.42 Å². The number of hydrogen-bond donors (Lipinski definition) is 0. The summed E-state index contributed by atoms with van der Waals surface area (Å²) in [6, 6.07) is 6.27. The van der Waals surface area contributed by atoms with Crippen LogP contribution < -0.4 is 5.43 Å². The molecule has 0 fully saturated rings. The van der Waals surface area contributed by atoms with Crippen LogP contribution >= 0.6 is 0 Å². The summed E-state index contributed by atoms with van der Waals surface area (Å²) in [5.41, 5.74) is 1.06. The van der Waals surface area contributed by atoms with E-state index in [4.69, 9.17) is 10.8 Å². The summed E-state index contributed by atoms with van der Waals surface area (Å²) in [5, 5.41) is 0.526. The van der Waals surface area contributed by atoms with Crippen molar-refractivity contribution in [3.05, 3.63) is 46.3 Å². The number of fused-ring (bicyclic) bond motifs is 1. The molecule has 0 aliphatic carbocycles. The lowest BCUT2D eigenvalue weighted by molar-refractivity contribution is 0.592. The highest BCUT2D eigenvalue weighted by atomic mass is 16.3. The van der Waals surface area contributed by atoms with Crippen LogP contribution in [-0.2, 0) is 0 Å². The van der Waals surface area contributed by atoms with Crippen LogP contribution in [0.1, 0.15) is 5.56 Å². The van der Waals surface area contributed by atoms with Gasteiger partial charge in [-0.2, -0.15) is 0 Å². The molecule has 2 heteroatoms. The molecule has 2 nitrogen and oxygen atoms in total. The Morgan fingerprint density at radius 1 is 1.46 bits per heavy atom. The molecule has 2 rings (SSSR count). The Bertz CT molecular complexity index is 544. The van der Waals surface area contributed by atoms with Crippen LogP contribution in [0.3, 0.4) is 0 Å². The van der Waals surface area contributed by atoms with E-state index in [9.17, 15) is 4.79 Å². The summed E-state index contributed by atoms with van der Waals surface area (Å²) in [4.78, 5) is 11.2. The third-order valence-electron chi connectivity index (χ3n) is 1.77. The maximum absolute atomic E-state index is 11.2. The number of hydrogen-bond acceptors (Lipinski definition) is 2. The summed E-state index contributed by atoms with van der Waals surface area (Å²) in [6.07, 6.45) is 7.60. The zero-order chi connectivity index (χ0) is 9.26. The van der Waals surface area contributed by atoms with Crippen molar-refractivity contribution in [2.45, 2.75) is 0 Å². The predicted molar refractivity (Wildman–Crippen MR) is 49.3 cm³/mol. The van der Waals surface area contributed by atoms with Crippen molar-refractivity contribution in [3.63, 3.8) is 0 Å². The molecule has 1 heterocycles. The molecule has 0 bridgehead atoms. The first-order chi connectivity index (χ1) is 6.31. The van der Waals surface area contributed by atoms with Crippen molar-refractivity contribution in [3.8, 4) is 12.3 Å². The zero-order valence-corrected chi connectivity index (χ0v) is 6.70. The van der Waals surface area contributed by atoms with E-state index in [2.05, 4.69) is 12.2 Å². The fourth-order valence-electron chi connectivity index (χ4n) is 1.12. The molecule has 1 aromatic heterocycles. The highest BCUT2D eigenvalue weighted by molar-refractivity contribution is 5.77. The van der Waals surface area contributed by atoms with E-state index in [1.54, 1.807) is 18.2 Å². The van der Waals surface area contributed by atoms with Crippen LogP contribution in [0.2, 0.25) is 0 Å². The summed E-state index contributed by atoms with van der Waals surface area (Å²) >= 11 is 0.